The molecule has 152 valence electrons. The number of aromatic amines is 2. The van der Waals surface area contributed by atoms with Crippen LogP contribution in [0.5, 0.6) is 0 Å². The van der Waals surface area contributed by atoms with Crippen molar-refractivity contribution in [3.63, 3.8) is 0 Å². The lowest BCUT2D eigenvalue weighted by atomic mass is 9.96. The number of H-pyrrole nitrogens is 2. The minimum absolute atomic E-state index is 0.0583. The maximum Gasteiger partial charge on any atom is 0.200 e. The summed E-state index contributed by atoms with van der Waals surface area (Å²) in [5.74, 6) is 0. The van der Waals surface area contributed by atoms with Crippen LogP contribution in [-0.2, 0) is 0 Å². The molecule has 0 amide bonds. The summed E-state index contributed by atoms with van der Waals surface area (Å²) >= 11 is 0. The van der Waals surface area contributed by atoms with E-state index in [4.69, 9.17) is 4.98 Å². The Morgan fingerprint density at radius 3 is 2.50 bits per heavy atom. The highest BCUT2D eigenvalue weighted by molar-refractivity contribution is 5.94. The molecule has 0 aliphatic heterocycles. The molecule has 5 heteroatoms. The summed E-state index contributed by atoms with van der Waals surface area (Å²) in [6.07, 6.45) is 5.32. The maximum absolute atomic E-state index is 13.4. The molecule has 0 aliphatic rings. The largest absolute Gasteiger partial charge is 0.361 e. The first-order valence-corrected chi connectivity index (χ1v) is 10.4. The van der Waals surface area contributed by atoms with E-state index in [1.165, 1.54) is 0 Å². The van der Waals surface area contributed by atoms with Gasteiger partial charge < -0.3 is 9.97 Å². The first-order valence-electron chi connectivity index (χ1n) is 10.4. The number of aromatic nitrogens is 4. The molecule has 4 aromatic heterocycles. The fraction of sp³-hybridized carbons (Fsp3) is 0. The first kappa shape index (κ1) is 18.3. The monoisotopic (exact) mass is 414 g/mol. The molecule has 0 radical (unpaired) electrons. The quantitative estimate of drug-likeness (QED) is 0.384. The van der Waals surface area contributed by atoms with Gasteiger partial charge in [0.05, 0.1) is 27.9 Å². The lowest BCUT2D eigenvalue weighted by molar-refractivity contribution is 1.27. The number of fused-ring (bicyclic) bond motifs is 2. The Morgan fingerprint density at radius 1 is 0.750 bits per heavy atom. The van der Waals surface area contributed by atoms with Crippen LogP contribution in [0.4, 0.5) is 0 Å². The van der Waals surface area contributed by atoms with Crippen molar-refractivity contribution >= 4 is 21.9 Å². The molecule has 2 N–H and O–H groups in total. The van der Waals surface area contributed by atoms with Gasteiger partial charge in [-0.2, -0.15) is 0 Å². The van der Waals surface area contributed by atoms with Gasteiger partial charge in [0, 0.05) is 35.1 Å². The van der Waals surface area contributed by atoms with Crippen LogP contribution in [0, 0.1) is 0 Å². The lowest BCUT2D eigenvalue weighted by Gasteiger charge is -2.12. The Labute approximate surface area is 183 Å². The predicted octanol–water partition coefficient (Wildman–Crippen LogP) is 5.80. The average molecular weight is 414 g/mol. The van der Waals surface area contributed by atoms with Crippen molar-refractivity contribution in [1.82, 2.24) is 19.9 Å². The summed E-state index contributed by atoms with van der Waals surface area (Å²) in [6.45, 7) is 0. The number of nitrogens with one attached hydrogen (secondary N) is 2. The highest BCUT2D eigenvalue weighted by atomic mass is 16.1. The van der Waals surface area contributed by atoms with Crippen LogP contribution in [0.2, 0.25) is 0 Å². The van der Waals surface area contributed by atoms with Crippen molar-refractivity contribution in [3.8, 4) is 33.6 Å². The Bertz CT molecular complexity index is 1630. The normalized spacial score (nSPS) is 11.2. The van der Waals surface area contributed by atoms with E-state index in [9.17, 15) is 4.79 Å². The number of hydrogen-bond acceptors (Lipinski definition) is 3. The van der Waals surface area contributed by atoms with Crippen LogP contribution in [0.25, 0.3) is 55.6 Å². The van der Waals surface area contributed by atoms with Crippen molar-refractivity contribution < 1.29 is 0 Å². The molecule has 0 bridgehead atoms. The molecule has 6 rings (SSSR count). The molecule has 0 spiro atoms. The van der Waals surface area contributed by atoms with Crippen LogP contribution in [0.3, 0.4) is 0 Å². The van der Waals surface area contributed by atoms with Gasteiger partial charge in [-0.1, -0.05) is 42.5 Å². The smallest absolute Gasteiger partial charge is 0.200 e. The number of nitrogens with zero attached hydrogens (tertiary/aromatic N) is 2. The third kappa shape index (κ3) is 2.99. The van der Waals surface area contributed by atoms with Gasteiger partial charge in [-0.15, -0.1) is 0 Å². The summed E-state index contributed by atoms with van der Waals surface area (Å²) in [5, 5.41) is 1.59. The van der Waals surface area contributed by atoms with Crippen LogP contribution >= 0.6 is 0 Å². The second kappa shape index (κ2) is 7.32. The molecule has 0 saturated carbocycles. The molecule has 0 unspecified atom stereocenters. The third-order valence-electron chi connectivity index (χ3n) is 5.71. The first-order chi connectivity index (χ1) is 15.8. The van der Waals surface area contributed by atoms with E-state index >= 15 is 0 Å². The lowest BCUT2D eigenvalue weighted by Crippen LogP contribution is -2.08. The second-order valence-electron chi connectivity index (χ2n) is 7.67. The summed E-state index contributed by atoms with van der Waals surface area (Å²) in [5.41, 5.74) is 6.51. The molecular formula is C27H18N4O. The average Bonchev–Trinajstić information content (AvgIpc) is 3.39. The number of pyridine rings is 3. The molecule has 0 saturated heterocycles. The van der Waals surface area contributed by atoms with Crippen molar-refractivity contribution in [2.24, 2.45) is 0 Å². The highest BCUT2D eigenvalue weighted by Gasteiger charge is 2.16. The Kier molecular flexibility index (Phi) is 4.18. The number of benzene rings is 2. The summed E-state index contributed by atoms with van der Waals surface area (Å²) in [4.78, 5) is 29.1. The Morgan fingerprint density at radius 2 is 1.66 bits per heavy atom. The molecule has 4 heterocycles. The third-order valence-corrected chi connectivity index (χ3v) is 5.71. The van der Waals surface area contributed by atoms with E-state index in [1.54, 1.807) is 12.4 Å². The molecule has 32 heavy (non-hydrogen) atoms. The molecule has 0 aliphatic carbocycles. The topological polar surface area (TPSA) is 74.4 Å². The predicted molar refractivity (Wildman–Crippen MR) is 128 cm³/mol. The van der Waals surface area contributed by atoms with Gasteiger partial charge in [0.15, 0.2) is 5.43 Å². The molecule has 5 nitrogen and oxygen atoms in total. The SMILES string of the molecule is O=c1c(-c2ccc[nH]2)c[nH]c2nc(-c3ccccc3)c(-c3ccc4ncccc4c3)cc12. The molecular weight excluding hydrogens is 396 g/mol. The Balaban J connectivity index is 1.66. The zero-order valence-corrected chi connectivity index (χ0v) is 17.0. The number of hydrogen-bond donors (Lipinski definition) is 2. The van der Waals surface area contributed by atoms with Crippen LogP contribution < -0.4 is 5.43 Å². The zero-order chi connectivity index (χ0) is 21.5. The van der Waals surface area contributed by atoms with Crippen LogP contribution in [-0.4, -0.2) is 19.9 Å². The van der Waals surface area contributed by atoms with E-state index in [1.807, 2.05) is 79.0 Å². The summed E-state index contributed by atoms with van der Waals surface area (Å²) in [7, 11) is 0. The second-order valence-corrected chi connectivity index (χ2v) is 7.67. The Hall–Kier alpha value is -4.51. The molecule has 6 aromatic rings. The minimum Gasteiger partial charge on any atom is -0.361 e. The van der Waals surface area contributed by atoms with Gasteiger partial charge in [-0.25, -0.2) is 4.98 Å². The zero-order valence-electron chi connectivity index (χ0n) is 17.0. The molecule has 2 aromatic carbocycles. The van der Waals surface area contributed by atoms with Gasteiger partial charge in [0.25, 0.3) is 0 Å². The fourth-order valence-corrected chi connectivity index (χ4v) is 4.12. The van der Waals surface area contributed by atoms with Crippen molar-refractivity contribution in [3.05, 3.63) is 108 Å². The minimum atomic E-state index is -0.0583. The molecule has 0 atom stereocenters. The molecule has 0 fully saturated rings. The van der Waals surface area contributed by atoms with E-state index in [0.717, 1.165) is 39.0 Å². The maximum atomic E-state index is 13.4. The van der Waals surface area contributed by atoms with Gasteiger partial charge in [-0.05, 0) is 42.0 Å². The van der Waals surface area contributed by atoms with Gasteiger partial charge in [0.2, 0.25) is 0 Å². The van der Waals surface area contributed by atoms with Crippen molar-refractivity contribution in [2.75, 3.05) is 0 Å². The van der Waals surface area contributed by atoms with Gasteiger partial charge in [-0.3, -0.25) is 9.78 Å². The fourth-order valence-electron chi connectivity index (χ4n) is 4.12. The van der Waals surface area contributed by atoms with Crippen molar-refractivity contribution in [1.29, 1.82) is 0 Å². The van der Waals surface area contributed by atoms with Crippen molar-refractivity contribution in [2.45, 2.75) is 0 Å². The van der Waals surface area contributed by atoms with E-state index < -0.39 is 0 Å². The summed E-state index contributed by atoms with van der Waals surface area (Å²) < 4.78 is 0. The van der Waals surface area contributed by atoms with Crippen LogP contribution in [0.1, 0.15) is 0 Å². The standard InChI is InChI=1S/C27H18N4O/c32-26-21-15-20(18-10-11-23-19(14-18)8-4-12-28-23)25(17-6-2-1-3-7-17)31-27(21)30-16-22(26)24-9-5-13-29-24/h1-16,29H,(H,30,31,32). The van der Waals surface area contributed by atoms with E-state index in [-0.39, 0.29) is 5.43 Å². The van der Waals surface area contributed by atoms with Crippen LogP contribution in [0.15, 0.2) is 102 Å². The van der Waals surface area contributed by atoms with Gasteiger partial charge >= 0.3 is 0 Å². The number of rotatable bonds is 3. The van der Waals surface area contributed by atoms with Gasteiger partial charge in [0.1, 0.15) is 5.65 Å². The summed E-state index contributed by atoms with van der Waals surface area (Å²) in [6, 6.07) is 25.9. The van der Waals surface area contributed by atoms with E-state index in [2.05, 4.69) is 21.0 Å². The highest BCUT2D eigenvalue weighted by Crippen LogP contribution is 2.34. The van der Waals surface area contributed by atoms with E-state index in [0.29, 0.717) is 16.6 Å².